The number of ketones is 1. The van der Waals surface area contributed by atoms with E-state index in [0.29, 0.717) is 24.7 Å². The van der Waals surface area contributed by atoms with E-state index in [1.807, 2.05) is 31.4 Å². The highest BCUT2D eigenvalue weighted by atomic mass is 79.9. The van der Waals surface area contributed by atoms with Gasteiger partial charge in [-0.2, -0.15) is 0 Å². The van der Waals surface area contributed by atoms with Gasteiger partial charge in [0.15, 0.2) is 0 Å². The Bertz CT molecular complexity index is 1210. The molecule has 1 aromatic carbocycles. The SMILES string of the molecule is C=C/C(Br)=C1/NC(C(CCC)CCCC(=O)C2(c3ccccc3)CCCC2)=CC(=NCc2cccnc2)N1C. The standard InChI is InChI=1S/C33H41BrN4O/c1-4-13-26(15-11-18-30(39)33(19-9-10-20-33)27-16-7-6-8-17-27)29-22-31(36-24-25-14-12-21-35-23-25)38(3)32(37-29)28(34)5-2/h5-8,12,14,16-17,21-23,26,37H,2,4,9-11,13,15,18-20,24H2,1,3H3/b32-28+,36-31?. The van der Waals surface area contributed by atoms with Crippen LogP contribution in [0.3, 0.4) is 0 Å². The monoisotopic (exact) mass is 588 g/mol. The maximum Gasteiger partial charge on any atom is 0.143 e. The second-order valence-electron chi connectivity index (χ2n) is 10.7. The molecule has 0 amide bonds. The lowest BCUT2D eigenvalue weighted by atomic mass is 9.73. The molecule has 0 bridgehead atoms. The first-order valence-corrected chi connectivity index (χ1v) is 15.0. The van der Waals surface area contributed by atoms with Crippen LogP contribution in [0.5, 0.6) is 0 Å². The molecule has 2 aliphatic rings. The molecule has 0 saturated heterocycles. The van der Waals surface area contributed by atoms with E-state index in [1.165, 1.54) is 5.56 Å². The number of carbonyl (C=O) groups excluding carboxylic acids is 1. The minimum absolute atomic E-state index is 0.288. The smallest absolute Gasteiger partial charge is 0.143 e. The Labute approximate surface area is 242 Å². The molecular formula is C33H41BrN4O. The van der Waals surface area contributed by atoms with Gasteiger partial charge in [-0.3, -0.25) is 14.8 Å². The molecule has 39 heavy (non-hydrogen) atoms. The van der Waals surface area contributed by atoms with Crippen molar-refractivity contribution < 1.29 is 4.79 Å². The van der Waals surface area contributed by atoms with Gasteiger partial charge in [0.2, 0.25) is 0 Å². The number of benzene rings is 1. The molecule has 2 heterocycles. The third kappa shape index (κ3) is 6.96. The predicted octanol–water partition coefficient (Wildman–Crippen LogP) is 7.82. The first-order chi connectivity index (χ1) is 19.0. The lowest BCUT2D eigenvalue weighted by Gasteiger charge is -2.34. The molecular weight excluding hydrogens is 548 g/mol. The number of pyridine rings is 1. The molecule has 5 nitrogen and oxygen atoms in total. The lowest BCUT2D eigenvalue weighted by Crippen LogP contribution is -2.40. The summed E-state index contributed by atoms with van der Waals surface area (Å²) in [6.45, 7) is 6.74. The van der Waals surface area contributed by atoms with Crippen molar-refractivity contribution >= 4 is 27.5 Å². The summed E-state index contributed by atoms with van der Waals surface area (Å²) in [5.41, 5.74) is 3.14. The second kappa shape index (κ2) is 13.9. The second-order valence-corrected chi connectivity index (χ2v) is 11.5. The zero-order chi connectivity index (χ0) is 27.7. The van der Waals surface area contributed by atoms with Gasteiger partial charge >= 0.3 is 0 Å². The quantitative estimate of drug-likeness (QED) is 0.274. The first kappa shape index (κ1) is 29.0. The van der Waals surface area contributed by atoms with E-state index >= 15 is 0 Å². The maximum atomic E-state index is 13.7. The zero-order valence-corrected chi connectivity index (χ0v) is 24.9. The molecule has 2 aromatic rings. The van der Waals surface area contributed by atoms with Crippen LogP contribution in [0.4, 0.5) is 0 Å². The fourth-order valence-corrected chi connectivity index (χ4v) is 6.34. The minimum Gasteiger partial charge on any atom is -0.344 e. The van der Waals surface area contributed by atoms with Crippen LogP contribution in [0, 0.1) is 5.92 Å². The van der Waals surface area contributed by atoms with Crippen LogP contribution in [-0.4, -0.2) is 28.6 Å². The van der Waals surface area contributed by atoms with Gasteiger partial charge in [-0.05, 0) is 71.1 Å². The third-order valence-electron chi connectivity index (χ3n) is 8.13. The topological polar surface area (TPSA) is 57.6 Å². The number of aliphatic imine (C=N–C) groups is 1. The molecule has 1 aliphatic heterocycles. The molecule has 0 radical (unpaired) electrons. The van der Waals surface area contributed by atoms with E-state index in [2.05, 4.69) is 75.0 Å². The fourth-order valence-electron chi connectivity index (χ4n) is 5.98. The molecule has 1 unspecified atom stereocenters. The number of allylic oxidation sites excluding steroid dienone is 3. The number of aromatic nitrogens is 1. The molecule has 6 heteroatoms. The first-order valence-electron chi connectivity index (χ1n) is 14.2. The summed E-state index contributed by atoms with van der Waals surface area (Å²) in [5, 5.41) is 3.66. The van der Waals surface area contributed by atoms with Crippen LogP contribution in [0.25, 0.3) is 0 Å². The van der Waals surface area contributed by atoms with E-state index in [4.69, 9.17) is 4.99 Å². The van der Waals surface area contributed by atoms with Crippen molar-refractivity contribution in [2.75, 3.05) is 7.05 Å². The molecule has 1 atom stereocenters. The summed E-state index contributed by atoms with van der Waals surface area (Å²) in [6, 6.07) is 14.5. The minimum atomic E-state index is -0.288. The average Bonchev–Trinajstić information content (AvgIpc) is 3.48. The van der Waals surface area contributed by atoms with Crippen molar-refractivity contribution in [3.8, 4) is 0 Å². The lowest BCUT2D eigenvalue weighted by molar-refractivity contribution is -0.124. The molecule has 206 valence electrons. The summed E-state index contributed by atoms with van der Waals surface area (Å²) >= 11 is 3.68. The van der Waals surface area contributed by atoms with Gasteiger partial charge in [-0.15, -0.1) is 0 Å². The Balaban J connectivity index is 1.52. The summed E-state index contributed by atoms with van der Waals surface area (Å²) in [4.78, 5) is 24.9. The van der Waals surface area contributed by atoms with E-state index in [-0.39, 0.29) is 5.41 Å². The summed E-state index contributed by atoms with van der Waals surface area (Å²) in [6.07, 6.45) is 16.4. The van der Waals surface area contributed by atoms with Crippen LogP contribution in [0.15, 0.2) is 94.6 Å². The fraction of sp³-hybridized carbons (Fsp3) is 0.424. The highest BCUT2D eigenvalue weighted by Crippen LogP contribution is 2.43. The van der Waals surface area contributed by atoms with Crippen molar-refractivity contribution in [1.82, 2.24) is 15.2 Å². The predicted molar refractivity (Wildman–Crippen MR) is 164 cm³/mol. The molecule has 0 spiro atoms. The highest BCUT2D eigenvalue weighted by molar-refractivity contribution is 9.11. The van der Waals surface area contributed by atoms with Crippen LogP contribution in [0.1, 0.15) is 75.8 Å². The van der Waals surface area contributed by atoms with Gasteiger partial charge in [0.05, 0.1) is 16.4 Å². The largest absolute Gasteiger partial charge is 0.344 e. The summed E-state index contributed by atoms with van der Waals surface area (Å²) in [7, 11) is 2.01. The van der Waals surface area contributed by atoms with Crippen molar-refractivity contribution in [2.24, 2.45) is 10.9 Å². The molecule has 4 rings (SSSR count). The Kier molecular flexibility index (Phi) is 10.3. The van der Waals surface area contributed by atoms with E-state index in [0.717, 1.165) is 78.8 Å². The summed E-state index contributed by atoms with van der Waals surface area (Å²) < 4.78 is 0.890. The van der Waals surface area contributed by atoms with Crippen molar-refractivity contribution in [2.45, 2.75) is 76.7 Å². The number of halogens is 1. The number of carbonyl (C=O) groups is 1. The summed E-state index contributed by atoms with van der Waals surface area (Å²) in [5.74, 6) is 2.56. The zero-order valence-electron chi connectivity index (χ0n) is 23.3. The highest BCUT2D eigenvalue weighted by Gasteiger charge is 2.41. The van der Waals surface area contributed by atoms with E-state index < -0.39 is 0 Å². The molecule has 1 fully saturated rings. The van der Waals surface area contributed by atoms with Gasteiger partial charge in [0, 0.05) is 37.6 Å². The third-order valence-corrected chi connectivity index (χ3v) is 8.83. The van der Waals surface area contributed by atoms with Gasteiger partial charge < -0.3 is 10.2 Å². The van der Waals surface area contributed by atoms with Crippen LogP contribution < -0.4 is 5.32 Å². The van der Waals surface area contributed by atoms with Crippen molar-refractivity contribution in [1.29, 1.82) is 0 Å². The van der Waals surface area contributed by atoms with Crippen molar-refractivity contribution in [3.63, 3.8) is 0 Å². The normalized spacial score (nSPS) is 19.8. The van der Waals surface area contributed by atoms with Crippen molar-refractivity contribution in [3.05, 3.63) is 101 Å². The number of nitrogens with one attached hydrogen (secondary N) is 1. The van der Waals surface area contributed by atoms with Crippen LogP contribution >= 0.6 is 15.9 Å². The Hall–Kier alpha value is -2.99. The molecule has 1 saturated carbocycles. The average molecular weight is 590 g/mol. The number of rotatable bonds is 12. The Morgan fingerprint density at radius 3 is 2.64 bits per heavy atom. The number of amidine groups is 1. The van der Waals surface area contributed by atoms with Gasteiger partial charge in [-0.25, -0.2) is 0 Å². The van der Waals surface area contributed by atoms with Crippen LogP contribution in [-0.2, 0) is 16.8 Å². The molecule has 1 N–H and O–H groups in total. The molecule has 1 aliphatic carbocycles. The van der Waals surface area contributed by atoms with E-state index in [1.54, 1.807) is 12.3 Å². The number of hydrogen-bond donors (Lipinski definition) is 1. The maximum absolute atomic E-state index is 13.7. The Morgan fingerprint density at radius 2 is 1.97 bits per heavy atom. The van der Waals surface area contributed by atoms with Gasteiger partial charge in [0.1, 0.15) is 17.4 Å². The number of likely N-dealkylation sites (N-methyl/N-ethyl adjacent to an activating group) is 1. The van der Waals surface area contributed by atoms with Gasteiger partial charge in [-0.1, -0.05) is 75.2 Å². The molecule has 1 aromatic heterocycles. The number of nitrogens with zero attached hydrogens (tertiary/aromatic N) is 3. The number of Topliss-reactive ketones (excluding diaryl/α,β-unsaturated/α-hetero) is 1. The van der Waals surface area contributed by atoms with E-state index in [9.17, 15) is 4.79 Å². The van der Waals surface area contributed by atoms with Crippen LogP contribution in [0.2, 0.25) is 0 Å². The van der Waals surface area contributed by atoms with Gasteiger partial charge in [0.25, 0.3) is 0 Å². The Morgan fingerprint density at radius 1 is 1.21 bits per heavy atom. The number of hydrogen-bond acceptors (Lipinski definition) is 4.